The van der Waals surface area contributed by atoms with E-state index in [4.69, 9.17) is 0 Å². The van der Waals surface area contributed by atoms with E-state index < -0.39 is 11.6 Å². The lowest BCUT2D eigenvalue weighted by Crippen LogP contribution is -2.27. The summed E-state index contributed by atoms with van der Waals surface area (Å²) in [6.07, 6.45) is 4.34. The molecule has 0 unspecified atom stereocenters. The number of halogens is 2. The fraction of sp³-hybridized carbons (Fsp3) is 0.182. The number of carbonyl (C=O) groups is 2. The third-order valence-electron chi connectivity index (χ3n) is 10.9. The summed E-state index contributed by atoms with van der Waals surface area (Å²) in [4.78, 5) is 53.1. The summed E-state index contributed by atoms with van der Waals surface area (Å²) in [7, 11) is 3.66. The molecule has 4 aromatic carbocycles. The number of hydrogen-bond acceptors (Lipinski definition) is 8. The molecule has 2 amide bonds. The van der Waals surface area contributed by atoms with Gasteiger partial charge in [-0.2, -0.15) is 20.4 Å². The molecule has 4 aromatic heterocycles. The van der Waals surface area contributed by atoms with Crippen LogP contribution in [0.2, 0.25) is 0 Å². The summed E-state index contributed by atoms with van der Waals surface area (Å²) in [5.41, 5.74) is 6.09. The number of fused-ring (bicyclic) bond motifs is 4. The van der Waals surface area contributed by atoms with Crippen LogP contribution in [0.25, 0.3) is 21.5 Å². The summed E-state index contributed by atoms with van der Waals surface area (Å²) in [5.74, 6) is -1.84. The first-order chi connectivity index (χ1) is 29.0. The van der Waals surface area contributed by atoms with Crippen LogP contribution < -0.4 is 11.1 Å². The molecule has 14 nitrogen and oxygen atoms in total. The maximum absolute atomic E-state index is 14.5. The highest BCUT2D eigenvalue weighted by molar-refractivity contribution is 5.96. The molecule has 300 valence electrons. The van der Waals surface area contributed by atoms with Crippen molar-refractivity contribution in [3.63, 3.8) is 0 Å². The quantitative estimate of drug-likeness (QED) is 0.235. The standard InChI is InChI=1S/2C22H18FN5O2/c1-27-10-14-11-28(12-20(14)26-27)22(30)17-8-13(6-7-18(17)23)9-19-15-4-2-3-5-16(15)21(29)25-24-19;1-27-20-12-28(11-14(20)10-24-27)22(30)17-8-13(6-7-18(17)23)9-19-15-4-2-3-5-16(15)21(29)26-25-19/h2-8,10H,9,11-12H2,1H3,(H,25,29);2-8,10H,9,11-12H2,1H3,(H,26,29). The molecule has 0 bridgehead atoms. The molecule has 0 atom stereocenters. The Morgan fingerprint density at radius 2 is 1.15 bits per heavy atom. The summed E-state index contributed by atoms with van der Waals surface area (Å²) < 4.78 is 32.5. The second kappa shape index (κ2) is 15.3. The summed E-state index contributed by atoms with van der Waals surface area (Å²) in [5, 5.41) is 24.4. The van der Waals surface area contributed by atoms with Crippen molar-refractivity contribution in [2.75, 3.05) is 0 Å². The van der Waals surface area contributed by atoms with Gasteiger partial charge >= 0.3 is 0 Å². The molecule has 2 N–H and O–H groups in total. The maximum Gasteiger partial charge on any atom is 0.272 e. The SMILES string of the molecule is Cn1cc2c(n1)CN(C(=O)c1cc(Cc3n[nH]c(=O)c4ccccc34)ccc1F)C2.Cn1ncc2c1CN(C(=O)c1cc(Cc3n[nH]c(=O)c4ccccc34)ccc1F)C2. The number of H-pyrrole nitrogens is 2. The molecule has 6 heterocycles. The zero-order valence-corrected chi connectivity index (χ0v) is 32.4. The normalized spacial score (nSPS) is 13.1. The second-order valence-corrected chi connectivity index (χ2v) is 14.9. The Labute approximate surface area is 339 Å². The molecule has 0 saturated carbocycles. The van der Waals surface area contributed by atoms with E-state index in [0.717, 1.165) is 44.4 Å². The average molecular weight is 807 g/mol. The van der Waals surface area contributed by atoms with Crippen LogP contribution in [0.5, 0.6) is 0 Å². The predicted molar refractivity (Wildman–Crippen MR) is 217 cm³/mol. The number of aromatic nitrogens is 8. The smallest absolute Gasteiger partial charge is 0.272 e. The Morgan fingerprint density at radius 3 is 1.67 bits per heavy atom. The highest BCUT2D eigenvalue weighted by Crippen LogP contribution is 2.27. The van der Waals surface area contributed by atoms with Gasteiger partial charge in [0.1, 0.15) is 11.6 Å². The fourth-order valence-electron chi connectivity index (χ4n) is 7.90. The highest BCUT2D eigenvalue weighted by Gasteiger charge is 2.30. The van der Waals surface area contributed by atoms with Gasteiger partial charge in [0, 0.05) is 68.1 Å². The van der Waals surface area contributed by atoms with Gasteiger partial charge in [-0.15, -0.1) is 0 Å². The molecule has 16 heteroatoms. The van der Waals surface area contributed by atoms with E-state index in [9.17, 15) is 28.0 Å². The molecule has 0 aliphatic carbocycles. The molecule has 10 rings (SSSR count). The van der Waals surface area contributed by atoms with E-state index in [1.807, 2.05) is 44.6 Å². The first-order valence-electron chi connectivity index (χ1n) is 19.1. The fourth-order valence-corrected chi connectivity index (χ4v) is 7.90. The van der Waals surface area contributed by atoms with Crippen LogP contribution in [0, 0.1) is 11.6 Å². The number of amides is 2. The van der Waals surface area contributed by atoms with Crippen molar-refractivity contribution in [2.24, 2.45) is 14.1 Å². The van der Waals surface area contributed by atoms with Crippen molar-refractivity contribution >= 4 is 33.4 Å². The van der Waals surface area contributed by atoms with E-state index in [2.05, 4.69) is 30.6 Å². The lowest BCUT2D eigenvalue weighted by molar-refractivity contribution is 0.0736. The molecule has 0 spiro atoms. The van der Waals surface area contributed by atoms with Gasteiger partial charge in [0.15, 0.2) is 0 Å². The van der Waals surface area contributed by atoms with Gasteiger partial charge in [-0.3, -0.25) is 28.5 Å². The molecule has 0 radical (unpaired) electrons. The predicted octanol–water partition coefficient (Wildman–Crippen LogP) is 5.09. The topological polar surface area (TPSA) is 168 Å². The Hall–Kier alpha value is -7.62. The van der Waals surface area contributed by atoms with Crippen LogP contribution in [0.1, 0.15) is 65.7 Å². The Balaban J connectivity index is 0.000000154. The second-order valence-electron chi connectivity index (χ2n) is 14.9. The van der Waals surface area contributed by atoms with Gasteiger partial charge in [0.05, 0.1) is 64.0 Å². The molecule has 60 heavy (non-hydrogen) atoms. The van der Waals surface area contributed by atoms with Crippen LogP contribution in [0.15, 0.2) is 107 Å². The minimum atomic E-state index is -0.562. The molecular formula is C44H36F2N10O4. The van der Waals surface area contributed by atoms with E-state index in [0.29, 0.717) is 61.2 Å². The van der Waals surface area contributed by atoms with Crippen LogP contribution >= 0.6 is 0 Å². The van der Waals surface area contributed by atoms with Gasteiger partial charge in [0.25, 0.3) is 22.9 Å². The zero-order valence-electron chi connectivity index (χ0n) is 32.4. The Kier molecular flexibility index (Phi) is 9.66. The van der Waals surface area contributed by atoms with E-state index >= 15 is 0 Å². The molecular weight excluding hydrogens is 771 g/mol. The first kappa shape index (κ1) is 37.9. The van der Waals surface area contributed by atoms with Gasteiger partial charge in [0.2, 0.25) is 0 Å². The van der Waals surface area contributed by atoms with Crippen LogP contribution in [-0.2, 0) is 53.1 Å². The van der Waals surface area contributed by atoms with E-state index in [1.165, 1.54) is 12.1 Å². The lowest BCUT2D eigenvalue weighted by Gasteiger charge is -2.17. The van der Waals surface area contributed by atoms with Crippen molar-refractivity contribution < 1.29 is 18.4 Å². The largest absolute Gasteiger partial charge is 0.328 e. The first-order valence-corrected chi connectivity index (χ1v) is 19.1. The van der Waals surface area contributed by atoms with Crippen LogP contribution in [-0.4, -0.2) is 61.6 Å². The third kappa shape index (κ3) is 7.12. The van der Waals surface area contributed by atoms with Crippen molar-refractivity contribution in [1.82, 2.24) is 49.8 Å². The van der Waals surface area contributed by atoms with Crippen molar-refractivity contribution in [3.8, 4) is 0 Å². The summed E-state index contributed by atoms with van der Waals surface area (Å²) in [6, 6.07) is 23.4. The number of hydrogen-bond donors (Lipinski definition) is 2. The van der Waals surface area contributed by atoms with Crippen molar-refractivity contribution in [3.05, 3.63) is 186 Å². The number of aryl methyl sites for hydroxylation is 2. The molecule has 2 aliphatic heterocycles. The number of rotatable bonds is 6. The van der Waals surface area contributed by atoms with Crippen molar-refractivity contribution in [2.45, 2.75) is 39.0 Å². The number of benzene rings is 4. The molecule has 0 saturated heterocycles. The van der Waals surface area contributed by atoms with Gasteiger partial charge in [-0.1, -0.05) is 48.5 Å². The third-order valence-corrected chi connectivity index (χ3v) is 10.9. The Morgan fingerprint density at radius 1 is 0.650 bits per heavy atom. The minimum absolute atomic E-state index is 0.0239. The molecule has 8 aromatic rings. The summed E-state index contributed by atoms with van der Waals surface area (Å²) >= 11 is 0. The van der Waals surface area contributed by atoms with Gasteiger partial charge in [-0.05, 0) is 47.5 Å². The average Bonchev–Trinajstić information content (AvgIpc) is 4.03. The molecule has 0 fully saturated rings. The molecule has 2 aliphatic rings. The minimum Gasteiger partial charge on any atom is -0.328 e. The maximum atomic E-state index is 14.5. The number of carbonyl (C=O) groups excluding carboxylic acids is 2. The van der Waals surface area contributed by atoms with E-state index in [1.54, 1.807) is 73.9 Å². The van der Waals surface area contributed by atoms with Gasteiger partial charge in [-0.25, -0.2) is 19.0 Å². The zero-order chi connectivity index (χ0) is 41.7. The Bertz CT molecular complexity index is 3110. The highest BCUT2D eigenvalue weighted by atomic mass is 19.1. The van der Waals surface area contributed by atoms with Crippen LogP contribution in [0.3, 0.4) is 0 Å². The number of nitrogens with one attached hydrogen (secondary N) is 2. The monoisotopic (exact) mass is 806 g/mol. The lowest BCUT2D eigenvalue weighted by atomic mass is 10.0. The van der Waals surface area contributed by atoms with Crippen LogP contribution in [0.4, 0.5) is 8.78 Å². The number of aromatic amines is 2. The van der Waals surface area contributed by atoms with Gasteiger partial charge < -0.3 is 9.80 Å². The van der Waals surface area contributed by atoms with E-state index in [-0.39, 0.29) is 34.1 Å². The van der Waals surface area contributed by atoms with Crippen molar-refractivity contribution in [1.29, 1.82) is 0 Å². The number of nitrogens with zero attached hydrogens (tertiary/aromatic N) is 8. The summed E-state index contributed by atoms with van der Waals surface area (Å²) in [6.45, 7) is 1.60.